The number of rotatable bonds is 2. The normalized spacial score (nSPS) is 18.8. The maximum atomic E-state index is 11.2. The molecule has 1 aliphatic rings. The van der Waals surface area contributed by atoms with Crippen LogP contribution >= 0.6 is 20.1 Å². The molecule has 0 spiro atoms. The van der Waals surface area contributed by atoms with Gasteiger partial charge < -0.3 is 0 Å². The molecule has 1 N–H and O–H groups in total. The van der Waals surface area contributed by atoms with E-state index in [9.17, 15) is 14.4 Å². The number of halogens is 1. The van der Waals surface area contributed by atoms with E-state index in [2.05, 4.69) is 0 Å². The predicted octanol–water partition coefficient (Wildman–Crippen LogP) is 0.907. The average Bonchev–Trinajstić information content (AvgIpc) is 2.50. The fourth-order valence-corrected chi connectivity index (χ4v) is 5.46. The number of carboxylic acid groups (broad SMARTS) is 1. The number of hydrogen-bond acceptors (Lipinski definition) is 3. The molecule has 1 aliphatic heterocycles. The van der Waals surface area contributed by atoms with Gasteiger partial charge in [-0.2, -0.15) is 0 Å². The van der Waals surface area contributed by atoms with E-state index in [1.54, 1.807) is 0 Å². The fourth-order valence-electron chi connectivity index (χ4n) is 1.06. The third kappa shape index (κ3) is 2.17. The Balaban J connectivity index is 2.74. The Hall–Kier alpha value is -0.660. The first-order valence-electron chi connectivity index (χ1n) is 3.75. The SMILES string of the molecule is CC(=O)C(=O)N1CCCI1C(=O)O. The molecule has 1 amide bonds. The van der Waals surface area contributed by atoms with Crippen molar-refractivity contribution < 1.29 is 19.5 Å². The Morgan fingerprint density at radius 1 is 1.38 bits per heavy atom. The molecule has 6 heteroatoms. The van der Waals surface area contributed by atoms with Crippen LogP contribution in [0, 0.1) is 0 Å². The Kier molecular flexibility index (Phi) is 3.23. The minimum absolute atomic E-state index is 0.440. The van der Waals surface area contributed by atoms with Gasteiger partial charge in [-0.15, -0.1) is 0 Å². The second-order valence-electron chi connectivity index (χ2n) is 2.58. The third-order valence-corrected chi connectivity index (χ3v) is 6.80. The molecule has 0 saturated carbocycles. The van der Waals surface area contributed by atoms with Gasteiger partial charge in [0.15, 0.2) is 0 Å². The summed E-state index contributed by atoms with van der Waals surface area (Å²) in [5.74, 6) is -1.18. The molecule has 0 aromatic carbocycles. The molecular formula is C7H10INO4. The quantitative estimate of drug-likeness (QED) is 0.270. The number of ketones is 1. The summed E-state index contributed by atoms with van der Waals surface area (Å²) in [4.78, 5) is 32.7. The zero-order valence-electron chi connectivity index (χ0n) is 7.12. The van der Waals surface area contributed by atoms with Crippen LogP contribution in [0.2, 0.25) is 0 Å². The molecule has 5 nitrogen and oxygen atoms in total. The van der Waals surface area contributed by atoms with E-state index in [0.29, 0.717) is 11.0 Å². The third-order valence-electron chi connectivity index (χ3n) is 1.62. The first-order chi connectivity index (χ1) is 6.04. The number of hydrogen-bond donors (Lipinski definition) is 1. The van der Waals surface area contributed by atoms with E-state index in [1.165, 1.54) is 10.0 Å². The Bertz CT molecular complexity index is 265. The summed E-state index contributed by atoms with van der Waals surface area (Å²) >= 11 is -2.38. The molecule has 1 rings (SSSR count). The van der Waals surface area contributed by atoms with Crippen molar-refractivity contribution in [3.05, 3.63) is 0 Å². The van der Waals surface area contributed by atoms with Crippen molar-refractivity contribution >= 4 is 35.8 Å². The van der Waals surface area contributed by atoms with Crippen LogP contribution in [0.5, 0.6) is 0 Å². The second kappa shape index (κ2) is 4.03. The van der Waals surface area contributed by atoms with Crippen molar-refractivity contribution in [2.24, 2.45) is 0 Å². The first-order valence-corrected chi connectivity index (χ1v) is 7.32. The van der Waals surface area contributed by atoms with Crippen molar-refractivity contribution in [1.82, 2.24) is 3.11 Å². The summed E-state index contributed by atoms with van der Waals surface area (Å²) in [5.41, 5.74) is 0. The molecule has 0 atom stereocenters. The molecule has 1 heterocycles. The second-order valence-corrected chi connectivity index (χ2v) is 7.67. The van der Waals surface area contributed by atoms with Crippen LogP contribution in [0.4, 0.5) is 4.79 Å². The van der Waals surface area contributed by atoms with Crippen molar-refractivity contribution in [2.45, 2.75) is 13.3 Å². The van der Waals surface area contributed by atoms with Crippen molar-refractivity contribution in [3.63, 3.8) is 0 Å². The van der Waals surface area contributed by atoms with Gasteiger partial charge in [0.25, 0.3) is 0 Å². The van der Waals surface area contributed by atoms with Crippen LogP contribution < -0.4 is 0 Å². The van der Waals surface area contributed by atoms with Gasteiger partial charge in [0.1, 0.15) is 0 Å². The summed E-state index contributed by atoms with van der Waals surface area (Å²) in [7, 11) is 0. The van der Waals surface area contributed by atoms with E-state index in [4.69, 9.17) is 5.11 Å². The van der Waals surface area contributed by atoms with Crippen molar-refractivity contribution in [3.8, 4) is 0 Å². The van der Waals surface area contributed by atoms with Crippen LogP contribution in [0.1, 0.15) is 13.3 Å². The molecule has 13 heavy (non-hydrogen) atoms. The molecule has 1 saturated heterocycles. The summed E-state index contributed by atoms with van der Waals surface area (Å²) in [6, 6.07) is 0. The molecule has 0 radical (unpaired) electrons. The van der Waals surface area contributed by atoms with Gasteiger partial charge in [0.05, 0.1) is 0 Å². The number of Topliss-reactive ketones (excluding diaryl/α,β-unsaturated/α-hetero) is 1. The summed E-state index contributed by atoms with van der Waals surface area (Å²) in [6.07, 6.45) is 0.718. The van der Waals surface area contributed by atoms with Crippen LogP contribution in [-0.2, 0) is 9.59 Å². The van der Waals surface area contributed by atoms with Gasteiger partial charge in [0.2, 0.25) is 0 Å². The van der Waals surface area contributed by atoms with E-state index >= 15 is 0 Å². The number of amides is 1. The first kappa shape index (κ1) is 10.4. The number of nitrogens with zero attached hydrogens (tertiary/aromatic N) is 1. The molecule has 0 aromatic rings. The predicted molar refractivity (Wildman–Crippen MR) is 53.9 cm³/mol. The van der Waals surface area contributed by atoms with Crippen LogP contribution in [-0.4, -0.2) is 34.9 Å². The standard InChI is InChI=1S/C7H10INO4/c1-5(10)6(11)9-4-2-3-8(9)7(12)13/h2-4H2,1H3,(H,12,13). The van der Waals surface area contributed by atoms with Crippen molar-refractivity contribution in [2.75, 3.05) is 11.0 Å². The Labute approximate surface area is 82.8 Å². The fraction of sp³-hybridized carbons (Fsp3) is 0.571. The van der Waals surface area contributed by atoms with Gasteiger partial charge in [-0.25, -0.2) is 0 Å². The van der Waals surface area contributed by atoms with Crippen molar-refractivity contribution in [1.29, 1.82) is 0 Å². The van der Waals surface area contributed by atoms with Gasteiger partial charge in [-0.3, -0.25) is 0 Å². The zero-order chi connectivity index (χ0) is 10.0. The topological polar surface area (TPSA) is 74.7 Å². The van der Waals surface area contributed by atoms with Crippen LogP contribution in [0.25, 0.3) is 0 Å². The van der Waals surface area contributed by atoms with Gasteiger partial charge >= 0.3 is 82.7 Å². The van der Waals surface area contributed by atoms with E-state index in [-0.39, 0.29) is 0 Å². The summed E-state index contributed by atoms with van der Waals surface area (Å²) in [6.45, 7) is 1.62. The van der Waals surface area contributed by atoms with E-state index < -0.39 is 35.8 Å². The number of carbonyl (C=O) groups excluding carboxylic acids is 2. The Morgan fingerprint density at radius 2 is 2.00 bits per heavy atom. The minimum atomic E-state index is -2.38. The molecular weight excluding hydrogens is 289 g/mol. The molecule has 1 fully saturated rings. The molecule has 0 aromatic heterocycles. The van der Waals surface area contributed by atoms with Gasteiger partial charge in [0, 0.05) is 0 Å². The summed E-state index contributed by atoms with van der Waals surface area (Å²) < 4.78 is 1.00. The molecule has 0 aliphatic carbocycles. The zero-order valence-corrected chi connectivity index (χ0v) is 9.28. The molecule has 0 bridgehead atoms. The van der Waals surface area contributed by atoms with E-state index in [1.807, 2.05) is 0 Å². The summed E-state index contributed by atoms with van der Waals surface area (Å²) in [5, 5.41) is 8.78. The average molecular weight is 299 g/mol. The van der Waals surface area contributed by atoms with E-state index in [0.717, 1.165) is 6.42 Å². The molecule has 0 unspecified atom stereocenters. The van der Waals surface area contributed by atoms with Gasteiger partial charge in [-0.05, 0) is 0 Å². The van der Waals surface area contributed by atoms with Gasteiger partial charge in [-0.1, -0.05) is 0 Å². The molecule has 74 valence electrons. The monoisotopic (exact) mass is 299 g/mol. The van der Waals surface area contributed by atoms with Crippen LogP contribution in [0.15, 0.2) is 0 Å². The van der Waals surface area contributed by atoms with Crippen LogP contribution in [0.3, 0.4) is 0 Å². The number of alkyl halides is 1. The maximum absolute atomic E-state index is 11.2. The number of carbonyl (C=O) groups is 3. The Morgan fingerprint density at radius 3 is 2.46 bits per heavy atom.